The van der Waals surface area contributed by atoms with E-state index in [2.05, 4.69) is 38.5 Å². The van der Waals surface area contributed by atoms with E-state index in [1.807, 2.05) is 6.92 Å². The number of nitrogens with zero attached hydrogens (tertiary/aromatic N) is 1. The zero-order valence-electron chi connectivity index (χ0n) is 15.0. The molecule has 25 heavy (non-hydrogen) atoms. The van der Waals surface area contributed by atoms with Gasteiger partial charge in [0, 0.05) is 26.2 Å². The molecule has 0 radical (unpaired) electrons. The van der Waals surface area contributed by atoms with Crippen LogP contribution in [0.15, 0.2) is 27.7 Å². The minimum atomic E-state index is -0.243. The maximum atomic E-state index is 13.2. The van der Waals surface area contributed by atoms with Crippen molar-refractivity contribution in [2.24, 2.45) is 10.9 Å². The van der Waals surface area contributed by atoms with Crippen LogP contribution in [0.1, 0.15) is 38.7 Å². The van der Waals surface area contributed by atoms with Crippen molar-refractivity contribution in [3.8, 4) is 0 Å². The lowest BCUT2D eigenvalue weighted by molar-refractivity contribution is 0.253. The molecule has 1 rings (SSSR count). The summed E-state index contributed by atoms with van der Waals surface area (Å²) in [6.45, 7) is 6.63. The van der Waals surface area contributed by atoms with Crippen molar-refractivity contribution < 1.29 is 9.50 Å². The summed E-state index contributed by atoms with van der Waals surface area (Å²) in [5.74, 6) is 0.966. The fourth-order valence-corrected chi connectivity index (χ4v) is 2.93. The number of nitrogens with one attached hydrogen (secondary N) is 2. The van der Waals surface area contributed by atoms with Crippen LogP contribution < -0.4 is 10.6 Å². The fourth-order valence-electron chi connectivity index (χ4n) is 2.50. The molecular weight excluding hydrogens is 500 g/mol. The van der Waals surface area contributed by atoms with Crippen LogP contribution in [0.2, 0.25) is 0 Å². The lowest BCUT2D eigenvalue weighted by Gasteiger charge is -2.15. The van der Waals surface area contributed by atoms with Crippen LogP contribution in [0.25, 0.3) is 0 Å². The van der Waals surface area contributed by atoms with Crippen molar-refractivity contribution in [1.82, 2.24) is 10.6 Å². The summed E-state index contributed by atoms with van der Waals surface area (Å²) in [6.07, 6.45) is 3.76. The summed E-state index contributed by atoms with van der Waals surface area (Å²) < 4.78 is 13.7. The molecule has 0 spiro atoms. The third-order valence-electron chi connectivity index (χ3n) is 3.78. The van der Waals surface area contributed by atoms with Gasteiger partial charge in [0.05, 0.1) is 4.47 Å². The Morgan fingerprint density at radius 1 is 1.28 bits per heavy atom. The first-order valence-electron chi connectivity index (χ1n) is 8.67. The molecule has 3 N–H and O–H groups in total. The van der Waals surface area contributed by atoms with E-state index in [4.69, 9.17) is 5.11 Å². The van der Waals surface area contributed by atoms with Gasteiger partial charge in [-0.25, -0.2) is 4.39 Å². The number of halogens is 3. The minimum Gasteiger partial charge on any atom is -0.396 e. The van der Waals surface area contributed by atoms with Crippen molar-refractivity contribution in [3.63, 3.8) is 0 Å². The van der Waals surface area contributed by atoms with E-state index < -0.39 is 0 Å². The number of hydrogen-bond donors (Lipinski definition) is 3. The molecule has 0 aliphatic carbocycles. The van der Waals surface area contributed by atoms with Crippen molar-refractivity contribution in [2.75, 3.05) is 26.2 Å². The molecule has 4 nitrogen and oxygen atoms in total. The molecule has 1 aromatic carbocycles. The summed E-state index contributed by atoms with van der Waals surface area (Å²) in [4.78, 5) is 4.63. The molecule has 0 aromatic heterocycles. The van der Waals surface area contributed by atoms with E-state index in [0.717, 1.165) is 50.3 Å². The van der Waals surface area contributed by atoms with Crippen LogP contribution in [0.4, 0.5) is 4.39 Å². The molecule has 0 heterocycles. The highest BCUT2D eigenvalue weighted by molar-refractivity contribution is 14.0. The largest absolute Gasteiger partial charge is 0.396 e. The highest BCUT2D eigenvalue weighted by Crippen LogP contribution is 2.17. The smallest absolute Gasteiger partial charge is 0.191 e. The maximum absolute atomic E-state index is 13.2. The van der Waals surface area contributed by atoms with E-state index in [1.54, 1.807) is 12.1 Å². The molecule has 1 atom stereocenters. The average Bonchev–Trinajstić information content (AvgIpc) is 2.56. The second-order valence-electron chi connectivity index (χ2n) is 5.81. The zero-order chi connectivity index (χ0) is 17.8. The van der Waals surface area contributed by atoms with Crippen molar-refractivity contribution in [1.29, 1.82) is 0 Å². The molecule has 0 aliphatic rings. The van der Waals surface area contributed by atoms with E-state index in [9.17, 15) is 4.39 Å². The molecule has 0 saturated carbocycles. The van der Waals surface area contributed by atoms with Crippen LogP contribution in [-0.4, -0.2) is 37.3 Å². The van der Waals surface area contributed by atoms with Gasteiger partial charge in [-0.15, -0.1) is 24.0 Å². The van der Waals surface area contributed by atoms with Gasteiger partial charge in [0.15, 0.2) is 5.96 Å². The average molecular weight is 530 g/mol. The number of aliphatic hydroxyl groups is 1. The van der Waals surface area contributed by atoms with Crippen LogP contribution in [0, 0.1) is 11.7 Å². The van der Waals surface area contributed by atoms with Gasteiger partial charge in [-0.2, -0.15) is 0 Å². The molecule has 0 fully saturated rings. The molecule has 1 unspecified atom stereocenters. The Balaban J connectivity index is 0.00000576. The van der Waals surface area contributed by atoms with Gasteiger partial charge in [-0.3, -0.25) is 4.99 Å². The zero-order valence-corrected chi connectivity index (χ0v) is 18.9. The molecule has 0 bridgehead atoms. The number of benzene rings is 1. The SMILES string of the molecule is CCCC(CCO)CN=C(NCC)NCCc1ccc(F)c(Br)c1.I. The summed E-state index contributed by atoms with van der Waals surface area (Å²) in [5, 5.41) is 15.7. The van der Waals surface area contributed by atoms with Gasteiger partial charge in [0.1, 0.15) is 5.82 Å². The fraction of sp³-hybridized carbons (Fsp3) is 0.611. The van der Waals surface area contributed by atoms with Crippen LogP contribution in [0.5, 0.6) is 0 Å². The predicted octanol–water partition coefficient (Wildman–Crippen LogP) is 4.10. The monoisotopic (exact) mass is 529 g/mol. The van der Waals surface area contributed by atoms with E-state index >= 15 is 0 Å². The Kier molecular flexibility index (Phi) is 14.5. The van der Waals surface area contributed by atoms with Gasteiger partial charge < -0.3 is 15.7 Å². The first kappa shape index (κ1) is 24.6. The van der Waals surface area contributed by atoms with Crippen molar-refractivity contribution in [3.05, 3.63) is 34.1 Å². The first-order chi connectivity index (χ1) is 11.6. The highest BCUT2D eigenvalue weighted by atomic mass is 127. The van der Waals surface area contributed by atoms with Gasteiger partial charge in [0.25, 0.3) is 0 Å². The van der Waals surface area contributed by atoms with Crippen LogP contribution >= 0.6 is 39.9 Å². The second kappa shape index (κ2) is 14.7. The summed E-state index contributed by atoms with van der Waals surface area (Å²) in [6, 6.07) is 5.08. The molecule has 144 valence electrons. The Labute approximate surface area is 176 Å². The number of guanidine groups is 1. The van der Waals surface area contributed by atoms with Gasteiger partial charge >= 0.3 is 0 Å². The Morgan fingerprint density at radius 2 is 2.04 bits per heavy atom. The topological polar surface area (TPSA) is 56.7 Å². The molecular formula is C18H30BrFIN3O. The van der Waals surface area contributed by atoms with Crippen molar-refractivity contribution >= 4 is 45.9 Å². The Hall–Kier alpha value is -0.410. The lowest BCUT2D eigenvalue weighted by atomic mass is 10.0. The Bertz CT molecular complexity index is 511. The number of aliphatic hydroxyl groups excluding tert-OH is 1. The standard InChI is InChI=1S/C18H29BrFN3O.HI/c1-3-5-15(9-11-24)13-23-18(21-4-2)22-10-8-14-6-7-17(20)16(19)12-14;/h6-7,12,15,24H,3-5,8-11,13H2,1-2H3,(H2,21,22,23);1H. The molecule has 0 saturated heterocycles. The van der Waals surface area contributed by atoms with Gasteiger partial charge in [0.2, 0.25) is 0 Å². The molecule has 7 heteroatoms. The molecule has 1 aromatic rings. The van der Waals surface area contributed by atoms with Gasteiger partial charge in [-0.05, 0) is 65.7 Å². The van der Waals surface area contributed by atoms with E-state index in [-0.39, 0.29) is 36.4 Å². The molecule has 0 aliphatic heterocycles. The minimum absolute atomic E-state index is 0. The quantitative estimate of drug-likeness (QED) is 0.243. The predicted molar refractivity (Wildman–Crippen MR) is 117 cm³/mol. The summed E-state index contributed by atoms with van der Waals surface area (Å²) in [5.41, 5.74) is 1.07. The molecule has 0 amide bonds. The van der Waals surface area contributed by atoms with Crippen LogP contribution in [0.3, 0.4) is 0 Å². The van der Waals surface area contributed by atoms with Crippen LogP contribution in [-0.2, 0) is 6.42 Å². The maximum Gasteiger partial charge on any atom is 0.191 e. The second-order valence-corrected chi connectivity index (χ2v) is 6.67. The van der Waals surface area contributed by atoms with E-state index in [0.29, 0.717) is 16.9 Å². The summed E-state index contributed by atoms with van der Waals surface area (Å²) >= 11 is 3.21. The summed E-state index contributed by atoms with van der Waals surface area (Å²) in [7, 11) is 0. The Morgan fingerprint density at radius 3 is 2.64 bits per heavy atom. The normalized spacial score (nSPS) is 12.4. The highest BCUT2D eigenvalue weighted by Gasteiger charge is 2.07. The number of aliphatic imine (C=N–C) groups is 1. The van der Waals surface area contributed by atoms with E-state index in [1.165, 1.54) is 6.07 Å². The van der Waals surface area contributed by atoms with Gasteiger partial charge in [-0.1, -0.05) is 19.4 Å². The number of rotatable bonds is 10. The van der Waals surface area contributed by atoms with Crippen molar-refractivity contribution in [2.45, 2.75) is 39.5 Å². The third kappa shape index (κ3) is 10.4. The third-order valence-corrected chi connectivity index (χ3v) is 4.38. The lowest BCUT2D eigenvalue weighted by Crippen LogP contribution is -2.38. The number of hydrogen-bond acceptors (Lipinski definition) is 2. The first-order valence-corrected chi connectivity index (χ1v) is 9.46.